The first kappa shape index (κ1) is 42.0. The molecule has 5 aromatic rings. The summed E-state index contributed by atoms with van der Waals surface area (Å²) in [6.45, 7) is 4.80. The van der Waals surface area contributed by atoms with Crippen LogP contribution in [0.5, 0.6) is 0 Å². The van der Waals surface area contributed by atoms with Gasteiger partial charge < -0.3 is 20.0 Å². The molecule has 56 heavy (non-hydrogen) atoms. The van der Waals surface area contributed by atoms with Crippen molar-refractivity contribution in [3.8, 4) is 0 Å². The van der Waals surface area contributed by atoms with E-state index in [4.69, 9.17) is 5.11 Å². The van der Waals surface area contributed by atoms with Crippen LogP contribution in [0.1, 0.15) is 27.9 Å². The van der Waals surface area contributed by atoms with Gasteiger partial charge in [-0.3, -0.25) is 4.99 Å². The van der Waals surface area contributed by atoms with Gasteiger partial charge in [-0.25, -0.2) is 0 Å². The largest absolute Gasteiger partial charge is 0.394 e. The third-order valence-corrected chi connectivity index (χ3v) is 11.2. The highest BCUT2D eigenvalue weighted by atomic mass is 33.1. The molecule has 2 N–H and O–H groups in total. The third kappa shape index (κ3) is 15.2. The maximum absolute atomic E-state index is 9.43. The number of rotatable bonds is 23. The minimum Gasteiger partial charge on any atom is -0.394 e. The molecule has 0 bridgehead atoms. The van der Waals surface area contributed by atoms with Gasteiger partial charge in [0.1, 0.15) is 6.61 Å². The lowest BCUT2D eigenvalue weighted by molar-refractivity contribution is -0.699. The Morgan fingerprint density at radius 2 is 1.07 bits per heavy atom. The summed E-state index contributed by atoms with van der Waals surface area (Å²) in [5.74, 6) is 2.03. The maximum Gasteiger partial charge on any atom is 0.205 e. The molecular formula is C48H53N4O2S2+. The monoisotopic (exact) mass is 781 g/mol. The minimum atomic E-state index is 0.0698. The van der Waals surface area contributed by atoms with Gasteiger partial charge in [0.15, 0.2) is 12.7 Å². The van der Waals surface area contributed by atoms with Crippen molar-refractivity contribution in [2.45, 2.75) is 19.6 Å². The summed E-state index contributed by atoms with van der Waals surface area (Å²) in [5.41, 5.74) is 8.40. The standard InChI is InChI=1S/C48H53N4O2S2/c53-36-31-49-30-12-3-1-2-6-14-42-20-26-47(27-21-42)51(40-44-15-7-4-8-16-44)34-38-55-56-39-35-52(41-45-17-9-5-10-18-45)48-28-23-43(24-29-48)22-25-46-19-11-13-32-50(46)33-37-54/h1-30,32,53-54H,31,33-41H2/q+1/b2-1+,12-3-,14-6+,49-30+. The molecule has 288 valence electrons. The third-order valence-electron chi connectivity index (χ3n) is 8.84. The molecule has 0 saturated heterocycles. The minimum absolute atomic E-state index is 0.0698. The van der Waals surface area contributed by atoms with Gasteiger partial charge in [0.05, 0.1) is 13.2 Å². The number of aliphatic hydroxyl groups is 2. The fourth-order valence-corrected chi connectivity index (χ4v) is 7.93. The molecule has 0 atom stereocenters. The van der Waals surface area contributed by atoms with E-state index < -0.39 is 0 Å². The topological polar surface area (TPSA) is 63.2 Å². The highest BCUT2D eigenvalue weighted by Crippen LogP contribution is 2.26. The zero-order valence-electron chi connectivity index (χ0n) is 32.0. The lowest BCUT2D eigenvalue weighted by Gasteiger charge is -2.26. The number of aliphatic hydroxyl groups excluding tert-OH is 2. The number of nitrogens with zero attached hydrogens (tertiary/aromatic N) is 4. The van der Waals surface area contributed by atoms with Crippen LogP contribution in [0.15, 0.2) is 169 Å². The molecule has 0 aliphatic rings. The molecule has 6 nitrogen and oxygen atoms in total. The number of hydrogen-bond acceptors (Lipinski definition) is 7. The number of hydrogen-bond donors (Lipinski definition) is 2. The molecular weight excluding hydrogens is 729 g/mol. The quantitative estimate of drug-likeness (QED) is 0.0227. The van der Waals surface area contributed by atoms with Gasteiger partial charge in [-0.2, -0.15) is 4.57 Å². The zero-order chi connectivity index (χ0) is 38.9. The van der Waals surface area contributed by atoms with E-state index in [1.54, 1.807) is 6.21 Å². The number of allylic oxidation sites excluding steroid dienone is 5. The average Bonchev–Trinajstić information content (AvgIpc) is 3.24. The van der Waals surface area contributed by atoms with Crippen molar-refractivity contribution in [2.24, 2.45) is 4.99 Å². The highest BCUT2D eigenvalue weighted by molar-refractivity contribution is 8.76. The van der Waals surface area contributed by atoms with Crippen LogP contribution in [-0.4, -0.2) is 60.8 Å². The Morgan fingerprint density at radius 3 is 1.64 bits per heavy atom. The second kappa shape index (κ2) is 25.1. The molecule has 8 heteroatoms. The lowest BCUT2D eigenvalue weighted by atomic mass is 10.1. The molecule has 0 spiro atoms. The highest BCUT2D eigenvalue weighted by Gasteiger charge is 2.11. The molecule has 0 aliphatic heterocycles. The normalized spacial score (nSPS) is 11.9. The van der Waals surface area contributed by atoms with Gasteiger partial charge in [-0.15, -0.1) is 0 Å². The Morgan fingerprint density at radius 1 is 0.536 bits per heavy atom. The van der Waals surface area contributed by atoms with Gasteiger partial charge in [0, 0.05) is 73.5 Å². The van der Waals surface area contributed by atoms with Crippen LogP contribution in [0.3, 0.4) is 0 Å². The van der Waals surface area contributed by atoms with Crippen molar-refractivity contribution in [1.82, 2.24) is 0 Å². The molecule has 0 radical (unpaired) electrons. The van der Waals surface area contributed by atoms with Crippen molar-refractivity contribution in [2.75, 3.05) is 54.2 Å². The molecule has 1 heterocycles. The number of anilines is 2. The molecule has 1 aromatic heterocycles. The van der Waals surface area contributed by atoms with E-state index in [0.717, 1.165) is 54.5 Å². The van der Waals surface area contributed by atoms with Crippen LogP contribution in [0.2, 0.25) is 0 Å². The summed E-state index contributed by atoms with van der Waals surface area (Å²) in [6, 6.07) is 45.1. The summed E-state index contributed by atoms with van der Waals surface area (Å²) in [7, 11) is 3.89. The van der Waals surface area contributed by atoms with Crippen molar-refractivity contribution in [3.05, 3.63) is 192 Å². The number of aliphatic imine (C=N–C) groups is 1. The van der Waals surface area contributed by atoms with Crippen molar-refractivity contribution < 1.29 is 14.8 Å². The smallest absolute Gasteiger partial charge is 0.205 e. The average molecular weight is 782 g/mol. The van der Waals surface area contributed by atoms with Crippen LogP contribution in [0.25, 0.3) is 18.2 Å². The molecule has 0 saturated carbocycles. The van der Waals surface area contributed by atoms with Gasteiger partial charge in [0.2, 0.25) is 5.69 Å². The van der Waals surface area contributed by atoms with E-state index in [1.807, 2.05) is 70.3 Å². The predicted octanol–water partition coefficient (Wildman–Crippen LogP) is 9.42. The summed E-state index contributed by atoms with van der Waals surface area (Å²) in [5, 5.41) is 18.2. The zero-order valence-corrected chi connectivity index (χ0v) is 33.6. The first-order valence-electron chi connectivity index (χ1n) is 19.1. The van der Waals surface area contributed by atoms with Gasteiger partial charge in [0.25, 0.3) is 0 Å². The second-order valence-corrected chi connectivity index (χ2v) is 15.6. The van der Waals surface area contributed by atoms with Gasteiger partial charge in [-0.05, 0) is 64.7 Å². The van der Waals surface area contributed by atoms with E-state index in [-0.39, 0.29) is 13.2 Å². The first-order valence-corrected chi connectivity index (χ1v) is 21.6. The number of aromatic nitrogens is 1. The van der Waals surface area contributed by atoms with E-state index in [9.17, 15) is 5.11 Å². The first-order chi connectivity index (χ1) is 27.7. The molecule has 0 fully saturated rings. The summed E-state index contributed by atoms with van der Waals surface area (Å²) < 4.78 is 2.06. The van der Waals surface area contributed by atoms with E-state index in [0.29, 0.717) is 13.1 Å². The summed E-state index contributed by atoms with van der Waals surface area (Å²) in [6.07, 6.45) is 19.8. The fourth-order valence-electron chi connectivity index (χ4n) is 5.95. The molecule has 5 rings (SSSR count). The summed E-state index contributed by atoms with van der Waals surface area (Å²) >= 11 is 0. The van der Waals surface area contributed by atoms with E-state index >= 15 is 0 Å². The van der Waals surface area contributed by atoms with E-state index in [2.05, 4.69) is 153 Å². The second-order valence-electron chi connectivity index (χ2n) is 12.9. The van der Waals surface area contributed by atoms with Gasteiger partial charge >= 0.3 is 0 Å². The molecule has 0 amide bonds. The van der Waals surface area contributed by atoms with Crippen LogP contribution in [0.4, 0.5) is 11.4 Å². The Balaban J connectivity index is 1.15. The molecule has 0 unspecified atom stereocenters. The summed E-state index contributed by atoms with van der Waals surface area (Å²) in [4.78, 5) is 9.00. The van der Waals surface area contributed by atoms with E-state index in [1.165, 1.54) is 22.5 Å². The van der Waals surface area contributed by atoms with Crippen LogP contribution < -0.4 is 14.4 Å². The maximum atomic E-state index is 9.43. The Labute approximate surface area is 341 Å². The van der Waals surface area contributed by atoms with Crippen LogP contribution in [-0.2, 0) is 19.6 Å². The van der Waals surface area contributed by atoms with Gasteiger partial charge in [-0.1, -0.05) is 137 Å². The van der Waals surface area contributed by atoms with Crippen LogP contribution in [0, 0.1) is 0 Å². The lowest BCUT2D eigenvalue weighted by Crippen LogP contribution is -2.38. The Hall–Kier alpha value is -5.12. The number of pyridine rings is 1. The van der Waals surface area contributed by atoms with Crippen molar-refractivity contribution in [1.29, 1.82) is 0 Å². The van der Waals surface area contributed by atoms with Crippen molar-refractivity contribution >= 4 is 57.4 Å². The SMILES string of the molecule is OCC/N=C/C=C\C=C\C=C\c1ccc(N(CCSSCCN(Cc2ccccc2)c2ccc(/C=C/c3cccc[n+]3CCO)cc2)Cc2ccccc2)cc1. The fraction of sp³-hybridized carbons (Fsp3) is 0.208. The Bertz CT molecular complexity index is 1980. The molecule has 4 aromatic carbocycles. The van der Waals surface area contributed by atoms with Crippen molar-refractivity contribution in [3.63, 3.8) is 0 Å². The van der Waals surface area contributed by atoms with Crippen LogP contribution >= 0.6 is 21.6 Å². The predicted molar refractivity (Wildman–Crippen MR) is 243 cm³/mol. The molecule has 0 aliphatic carbocycles. The number of benzene rings is 4. The Kier molecular flexibility index (Phi) is 18.9.